The number of amides is 2. The molecule has 1 atom stereocenters. The minimum absolute atomic E-state index is 0.0438. The number of aromatic nitrogens is 2. The molecule has 7 nitrogen and oxygen atoms in total. The van der Waals surface area contributed by atoms with Gasteiger partial charge < -0.3 is 10.6 Å². The van der Waals surface area contributed by atoms with Crippen molar-refractivity contribution in [2.45, 2.75) is 19.0 Å². The van der Waals surface area contributed by atoms with E-state index < -0.39 is 6.04 Å². The van der Waals surface area contributed by atoms with E-state index in [1.165, 1.54) is 5.56 Å². The summed E-state index contributed by atoms with van der Waals surface area (Å²) in [5, 5.41) is 4.05. The van der Waals surface area contributed by atoms with E-state index in [1.54, 1.807) is 28.0 Å². The molecule has 1 saturated heterocycles. The van der Waals surface area contributed by atoms with Crippen LogP contribution in [0.4, 0.5) is 0 Å². The molecule has 1 aromatic carbocycles. The SMILES string of the molecule is NC(=O)[C@@H]1CN(C(=O)Cn2cccn2)CCN1CCc1ccccc1. The number of primary amides is 1. The van der Waals surface area contributed by atoms with Gasteiger partial charge in [0.1, 0.15) is 12.6 Å². The van der Waals surface area contributed by atoms with Gasteiger partial charge >= 0.3 is 0 Å². The van der Waals surface area contributed by atoms with Crippen molar-refractivity contribution in [1.29, 1.82) is 0 Å². The molecule has 2 heterocycles. The largest absolute Gasteiger partial charge is 0.368 e. The van der Waals surface area contributed by atoms with Crippen molar-refractivity contribution in [2.24, 2.45) is 5.73 Å². The molecule has 132 valence electrons. The Balaban J connectivity index is 1.58. The Labute approximate surface area is 147 Å². The lowest BCUT2D eigenvalue weighted by atomic mass is 10.1. The first-order valence-electron chi connectivity index (χ1n) is 8.46. The highest BCUT2D eigenvalue weighted by Gasteiger charge is 2.32. The average molecular weight is 341 g/mol. The van der Waals surface area contributed by atoms with Gasteiger partial charge in [0.25, 0.3) is 0 Å². The second-order valence-electron chi connectivity index (χ2n) is 6.23. The van der Waals surface area contributed by atoms with Gasteiger partial charge in [-0.1, -0.05) is 30.3 Å². The zero-order valence-electron chi connectivity index (χ0n) is 14.1. The number of hydrogen-bond donors (Lipinski definition) is 1. The second kappa shape index (κ2) is 7.94. The van der Waals surface area contributed by atoms with E-state index in [0.29, 0.717) is 19.6 Å². The zero-order chi connectivity index (χ0) is 17.6. The van der Waals surface area contributed by atoms with Crippen LogP contribution < -0.4 is 5.73 Å². The topological polar surface area (TPSA) is 84.5 Å². The fraction of sp³-hybridized carbons (Fsp3) is 0.389. The number of nitrogens with zero attached hydrogens (tertiary/aromatic N) is 4. The van der Waals surface area contributed by atoms with Crippen LogP contribution in [0.15, 0.2) is 48.8 Å². The van der Waals surface area contributed by atoms with E-state index in [1.807, 2.05) is 18.2 Å². The minimum atomic E-state index is -0.445. The predicted molar refractivity (Wildman–Crippen MR) is 93.5 cm³/mol. The molecular weight excluding hydrogens is 318 g/mol. The molecule has 0 unspecified atom stereocenters. The molecule has 2 amide bonds. The first kappa shape index (κ1) is 17.2. The number of nitrogens with two attached hydrogens (primary N) is 1. The van der Waals surface area contributed by atoms with Crippen molar-refractivity contribution >= 4 is 11.8 Å². The summed E-state index contributed by atoms with van der Waals surface area (Å²) in [5.74, 6) is -0.428. The molecule has 1 aromatic heterocycles. The molecule has 0 bridgehead atoms. The van der Waals surface area contributed by atoms with Crippen LogP contribution in [0, 0.1) is 0 Å². The lowest BCUT2D eigenvalue weighted by molar-refractivity contribution is -0.137. The van der Waals surface area contributed by atoms with Crippen LogP contribution in [-0.4, -0.2) is 63.6 Å². The Morgan fingerprint density at radius 1 is 1.16 bits per heavy atom. The Morgan fingerprint density at radius 2 is 1.96 bits per heavy atom. The van der Waals surface area contributed by atoms with Gasteiger partial charge in [0.15, 0.2) is 0 Å². The monoisotopic (exact) mass is 341 g/mol. The molecule has 1 aliphatic rings. The molecular formula is C18H23N5O2. The number of piperazine rings is 1. The number of hydrogen-bond acceptors (Lipinski definition) is 4. The molecule has 2 N–H and O–H groups in total. The number of rotatable bonds is 6. The molecule has 2 aromatic rings. The van der Waals surface area contributed by atoms with Gasteiger partial charge in [0.05, 0.1) is 0 Å². The fourth-order valence-electron chi connectivity index (χ4n) is 3.13. The standard InChI is InChI=1S/C18H23N5O2/c19-18(25)16-13-22(17(24)14-23-9-4-8-20-23)12-11-21(16)10-7-15-5-2-1-3-6-15/h1-6,8-9,16H,7,10-14H2,(H2,19,25)/t16-/m0/s1. The van der Waals surface area contributed by atoms with Crippen LogP contribution in [0.3, 0.4) is 0 Å². The zero-order valence-corrected chi connectivity index (χ0v) is 14.1. The number of benzene rings is 1. The van der Waals surface area contributed by atoms with E-state index in [-0.39, 0.29) is 18.4 Å². The first-order valence-corrected chi connectivity index (χ1v) is 8.46. The van der Waals surface area contributed by atoms with Gasteiger partial charge in [0, 0.05) is 38.6 Å². The van der Waals surface area contributed by atoms with Crippen molar-refractivity contribution in [3.05, 3.63) is 54.4 Å². The van der Waals surface area contributed by atoms with Gasteiger partial charge in [-0.05, 0) is 18.1 Å². The smallest absolute Gasteiger partial charge is 0.244 e. The molecule has 1 fully saturated rings. The van der Waals surface area contributed by atoms with Crippen LogP contribution >= 0.6 is 0 Å². The van der Waals surface area contributed by atoms with Gasteiger partial charge in [-0.15, -0.1) is 0 Å². The maximum atomic E-state index is 12.4. The summed E-state index contributed by atoms with van der Waals surface area (Å²) in [6.45, 7) is 2.51. The highest BCUT2D eigenvalue weighted by Crippen LogP contribution is 2.12. The maximum absolute atomic E-state index is 12.4. The first-order chi connectivity index (χ1) is 12.1. The minimum Gasteiger partial charge on any atom is -0.368 e. The van der Waals surface area contributed by atoms with Crippen molar-refractivity contribution in [3.8, 4) is 0 Å². The van der Waals surface area contributed by atoms with Gasteiger partial charge in [-0.2, -0.15) is 5.10 Å². The molecule has 1 aliphatic heterocycles. The van der Waals surface area contributed by atoms with Crippen molar-refractivity contribution in [2.75, 3.05) is 26.2 Å². The summed E-state index contributed by atoms with van der Waals surface area (Å²) in [5.41, 5.74) is 6.81. The summed E-state index contributed by atoms with van der Waals surface area (Å²) < 4.78 is 1.59. The molecule has 3 rings (SSSR count). The highest BCUT2D eigenvalue weighted by molar-refractivity contribution is 5.82. The van der Waals surface area contributed by atoms with E-state index in [2.05, 4.69) is 22.1 Å². The van der Waals surface area contributed by atoms with Crippen LogP contribution in [0.2, 0.25) is 0 Å². The lowest BCUT2D eigenvalue weighted by Gasteiger charge is -2.40. The van der Waals surface area contributed by atoms with Crippen LogP contribution in [-0.2, 0) is 22.6 Å². The average Bonchev–Trinajstić information content (AvgIpc) is 3.13. The van der Waals surface area contributed by atoms with Gasteiger partial charge in [-0.3, -0.25) is 19.2 Å². The van der Waals surface area contributed by atoms with E-state index in [0.717, 1.165) is 13.0 Å². The Hall–Kier alpha value is -2.67. The van der Waals surface area contributed by atoms with E-state index >= 15 is 0 Å². The van der Waals surface area contributed by atoms with Crippen LogP contribution in [0.1, 0.15) is 5.56 Å². The van der Waals surface area contributed by atoms with Crippen LogP contribution in [0.5, 0.6) is 0 Å². The summed E-state index contributed by atoms with van der Waals surface area (Å²) in [6, 6.07) is 11.5. The van der Waals surface area contributed by atoms with Gasteiger partial charge in [0.2, 0.25) is 11.8 Å². The summed E-state index contributed by atoms with van der Waals surface area (Å²) >= 11 is 0. The third-order valence-corrected chi connectivity index (χ3v) is 4.56. The Kier molecular flexibility index (Phi) is 5.45. The van der Waals surface area contributed by atoms with Crippen molar-refractivity contribution in [1.82, 2.24) is 19.6 Å². The lowest BCUT2D eigenvalue weighted by Crippen LogP contribution is -2.60. The van der Waals surface area contributed by atoms with Crippen LogP contribution in [0.25, 0.3) is 0 Å². The normalized spacial score (nSPS) is 18.2. The molecule has 0 radical (unpaired) electrons. The summed E-state index contributed by atoms with van der Waals surface area (Å²) in [7, 11) is 0. The quantitative estimate of drug-likeness (QED) is 0.809. The fourth-order valence-corrected chi connectivity index (χ4v) is 3.13. The molecule has 0 spiro atoms. The molecule has 25 heavy (non-hydrogen) atoms. The molecule has 0 aliphatic carbocycles. The summed E-state index contributed by atoms with van der Waals surface area (Å²) in [4.78, 5) is 28.1. The van der Waals surface area contributed by atoms with E-state index in [9.17, 15) is 9.59 Å². The summed E-state index contributed by atoms with van der Waals surface area (Å²) in [6.07, 6.45) is 4.24. The van der Waals surface area contributed by atoms with Gasteiger partial charge in [-0.25, -0.2) is 0 Å². The maximum Gasteiger partial charge on any atom is 0.244 e. The Bertz CT molecular complexity index is 702. The second-order valence-corrected chi connectivity index (χ2v) is 6.23. The number of carbonyl (C=O) groups is 2. The third kappa shape index (κ3) is 4.45. The van der Waals surface area contributed by atoms with Crippen molar-refractivity contribution in [3.63, 3.8) is 0 Å². The highest BCUT2D eigenvalue weighted by atomic mass is 16.2. The molecule has 0 saturated carbocycles. The van der Waals surface area contributed by atoms with E-state index in [4.69, 9.17) is 5.73 Å². The Morgan fingerprint density at radius 3 is 2.64 bits per heavy atom. The molecule has 7 heteroatoms. The van der Waals surface area contributed by atoms with Crippen molar-refractivity contribution < 1.29 is 9.59 Å². The third-order valence-electron chi connectivity index (χ3n) is 4.56. The number of carbonyl (C=O) groups excluding carboxylic acids is 2. The predicted octanol–water partition coefficient (Wildman–Crippen LogP) is 0.124.